The minimum absolute atomic E-state index is 0.204. The molecule has 0 aliphatic heterocycles. The van der Waals surface area contributed by atoms with Gasteiger partial charge in [-0.05, 0) is 37.3 Å². The molecule has 0 atom stereocenters. The number of nitrogens with one attached hydrogen (secondary N) is 1. The summed E-state index contributed by atoms with van der Waals surface area (Å²) >= 11 is 5.74. The molecule has 18 heavy (non-hydrogen) atoms. The maximum Gasteiger partial charge on any atom is 0.168 e. The third-order valence-electron chi connectivity index (χ3n) is 2.79. The van der Waals surface area contributed by atoms with Crippen LogP contribution < -0.4 is 10.1 Å². The molecule has 0 radical (unpaired) electrons. The van der Waals surface area contributed by atoms with Crippen molar-refractivity contribution in [2.45, 2.75) is 33.6 Å². The van der Waals surface area contributed by atoms with E-state index in [-0.39, 0.29) is 5.41 Å². The summed E-state index contributed by atoms with van der Waals surface area (Å²) in [6, 6.07) is 3.82. The first kappa shape index (κ1) is 15.1. The van der Waals surface area contributed by atoms with Crippen LogP contribution in [0.15, 0.2) is 18.3 Å². The van der Waals surface area contributed by atoms with Crippen molar-refractivity contribution in [3.05, 3.63) is 18.3 Å². The Balaban J connectivity index is 2.56. The monoisotopic (exact) mass is 270 g/mol. The van der Waals surface area contributed by atoms with Crippen LogP contribution >= 0.6 is 11.6 Å². The fourth-order valence-corrected chi connectivity index (χ4v) is 1.89. The van der Waals surface area contributed by atoms with Gasteiger partial charge in [0, 0.05) is 18.6 Å². The molecule has 0 aliphatic carbocycles. The van der Waals surface area contributed by atoms with Gasteiger partial charge in [-0.3, -0.25) is 0 Å². The highest BCUT2D eigenvalue weighted by atomic mass is 35.5. The first-order valence-electron chi connectivity index (χ1n) is 6.46. The Morgan fingerprint density at radius 2 is 2.22 bits per heavy atom. The normalized spacial score (nSPS) is 11.3. The number of aromatic nitrogens is 1. The van der Waals surface area contributed by atoms with E-state index < -0.39 is 0 Å². The molecule has 1 rings (SSSR count). The number of alkyl halides is 1. The molecule has 0 saturated carbocycles. The highest BCUT2D eigenvalue weighted by molar-refractivity contribution is 6.17. The van der Waals surface area contributed by atoms with Crippen LogP contribution in [0.1, 0.15) is 33.6 Å². The van der Waals surface area contributed by atoms with E-state index in [4.69, 9.17) is 16.3 Å². The summed E-state index contributed by atoms with van der Waals surface area (Å²) in [7, 11) is 0. The number of rotatable bonds is 8. The van der Waals surface area contributed by atoms with Crippen LogP contribution in [0.2, 0.25) is 0 Å². The van der Waals surface area contributed by atoms with Gasteiger partial charge in [0.2, 0.25) is 0 Å². The molecule has 4 heteroatoms. The van der Waals surface area contributed by atoms with Crippen molar-refractivity contribution in [1.29, 1.82) is 0 Å². The van der Waals surface area contributed by atoms with E-state index in [1.165, 1.54) is 0 Å². The van der Waals surface area contributed by atoms with Crippen molar-refractivity contribution in [3.63, 3.8) is 0 Å². The summed E-state index contributed by atoms with van der Waals surface area (Å²) in [4.78, 5) is 4.32. The van der Waals surface area contributed by atoms with E-state index in [1.54, 1.807) is 6.20 Å². The SMILES string of the molecule is CCOc1cccnc1NCC(C)(C)CCCCl. The smallest absolute Gasteiger partial charge is 0.168 e. The van der Waals surface area contributed by atoms with E-state index in [0.717, 1.165) is 36.8 Å². The molecule has 0 aromatic carbocycles. The summed E-state index contributed by atoms with van der Waals surface area (Å²) in [6.07, 6.45) is 3.91. The zero-order valence-electron chi connectivity index (χ0n) is 11.5. The van der Waals surface area contributed by atoms with E-state index >= 15 is 0 Å². The average Bonchev–Trinajstić information content (AvgIpc) is 2.36. The zero-order chi connectivity index (χ0) is 13.4. The van der Waals surface area contributed by atoms with E-state index in [2.05, 4.69) is 24.1 Å². The van der Waals surface area contributed by atoms with Crippen LogP contribution in [0.3, 0.4) is 0 Å². The van der Waals surface area contributed by atoms with Gasteiger partial charge in [0.25, 0.3) is 0 Å². The Hall–Kier alpha value is -0.960. The Labute approximate surface area is 115 Å². The molecule has 0 spiro atoms. The highest BCUT2D eigenvalue weighted by Gasteiger charge is 2.18. The number of hydrogen-bond donors (Lipinski definition) is 1. The predicted molar refractivity (Wildman–Crippen MR) is 77.6 cm³/mol. The molecule has 1 N–H and O–H groups in total. The zero-order valence-corrected chi connectivity index (χ0v) is 12.3. The maximum absolute atomic E-state index is 5.74. The largest absolute Gasteiger partial charge is 0.490 e. The first-order valence-corrected chi connectivity index (χ1v) is 7.00. The van der Waals surface area contributed by atoms with Gasteiger partial charge in [-0.2, -0.15) is 0 Å². The second kappa shape index (κ2) is 7.47. The van der Waals surface area contributed by atoms with Gasteiger partial charge in [0.1, 0.15) is 0 Å². The third kappa shape index (κ3) is 5.13. The fourth-order valence-electron chi connectivity index (χ4n) is 1.75. The van der Waals surface area contributed by atoms with E-state index in [0.29, 0.717) is 6.61 Å². The molecular formula is C14H23ClN2O. The van der Waals surface area contributed by atoms with Crippen molar-refractivity contribution >= 4 is 17.4 Å². The Morgan fingerprint density at radius 1 is 1.44 bits per heavy atom. The van der Waals surface area contributed by atoms with Crippen LogP contribution in [0.4, 0.5) is 5.82 Å². The number of pyridine rings is 1. The molecule has 0 unspecified atom stereocenters. The lowest BCUT2D eigenvalue weighted by Crippen LogP contribution is -2.23. The summed E-state index contributed by atoms with van der Waals surface area (Å²) < 4.78 is 5.54. The number of hydrogen-bond acceptors (Lipinski definition) is 3. The second-order valence-electron chi connectivity index (χ2n) is 5.09. The molecule has 1 aromatic rings. The summed E-state index contributed by atoms with van der Waals surface area (Å²) in [5, 5.41) is 3.37. The minimum Gasteiger partial charge on any atom is -0.490 e. The van der Waals surface area contributed by atoms with Gasteiger partial charge in [0.15, 0.2) is 11.6 Å². The average molecular weight is 271 g/mol. The van der Waals surface area contributed by atoms with Gasteiger partial charge >= 0.3 is 0 Å². The minimum atomic E-state index is 0.204. The number of halogens is 1. The lowest BCUT2D eigenvalue weighted by atomic mass is 9.88. The molecule has 0 fully saturated rings. The summed E-state index contributed by atoms with van der Waals surface area (Å²) in [6.45, 7) is 7.95. The van der Waals surface area contributed by atoms with Crippen molar-refractivity contribution < 1.29 is 4.74 Å². The van der Waals surface area contributed by atoms with E-state index in [9.17, 15) is 0 Å². The Bertz CT molecular complexity index is 355. The number of ether oxygens (including phenoxy) is 1. The molecule has 0 aliphatic rings. The molecular weight excluding hydrogens is 248 g/mol. The van der Waals surface area contributed by atoms with Gasteiger partial charge in [-0.1, -0.05) is 13.8 Å². The molecule has 0 bridgehead atoms. The quantitative estimate of drug-likeness (QED) is 0.727. The van der Waals surface area contributed by atoms with Gasteiger partial charge in [-0.15, -0.1) is 11.6 Å². The molecule has 3 nitrogen and oxygen atoms in total. The lowest BCUT2D eigenvalue weighted by molar-refractivity contribution is 0.336. The summed E-state index contributed by atoms with van der Waals surface area (Å²) in [5.74, 6) is 2.35. The molecule has 0 amide bonds. The van der Waals surface area contributed by atoms with Crippen LogP contribution in [0.5, 0.6) is 5.75 Å². The van der Waals surface area contributed by atoms with Crippen molar-refractivity contribution in [2.24, 2.45) is 5.41 Å². The van der Waals surface area contributed by atoms with Crippen molar-refractivity contribution in [2.75, 3.05) is 24.3 Å². The lowest BCUT2D eigenvalue weighted by Gasteiger charge is -2.25. The Kier molecular flexibility index (Phi) is 6.27. The third-order valence-corrected chi connectivity index (χ3v) is 3.06. The first-order chi connectivity index (χ1) is 8.59. The van der Waals surface area contributed by atoms with Crippen LogP contribution in [-0.2, 0) is 0 Å². The molecule has 102 valence electrons. The van der Waals surface area contributed by atoms with Crippen LogP contribution in [0, 0.1) is 5.41 Å². The van der Waals surface area contributed by atoms with Crippen molar-refractivity contribution in [1.82, 2.24) is 4.98 Å². The highest BCUT2D eigenvalue weighted by Crippen LogP contribution is 2.26. The maximum atomic E-state index is 5.74. The van der Waals surface area contributed by atoms with Gasteiger partial charge in [0.05, 0.1) is 6.61 Å². The predicted octanol–water partition coefficient (Wildman–Crippen LogP) is 3.94. The van der Waals surface area contributed by atoms with Crippen molar-refractivity contribution in [3.8, 4) is 5.75 Å². The molecule has 0 saturated heterocycles. The fraction of sp³-hybridized carbons (Fsp3) is 0.643. The van der Waals surface area contributed by atoms with E-state index in [1.807, 2.05) is 19.1 Å². The van der Waals surface area contributed by atoms with Crippen LogP contribution in [-0.4, -0.2) is 24.0 Å². The van der Waals surface area contributed by atoms with Gasteiger partial charge < -0.3 is 10.1 Å². The summed E-state index contributed by atoms with van der Waals surface area (Å²) in [5.41, 5.74) is 0.204. The van der Waals surface area contributed by atoms with Gasteiger partial charge in [-0.25, -0.2) is 4.98 Å². The second-order valence-corrected chi connectivity index (χ2v) is 5.47. The topological polar surface area (TPSA) is 34.1 Å². The number of nitrogens with zero attached hydrogens (tertiary/aromatic N) is 1. The molecule has 1 heterocycles. The molecule has 1 aromatic heterocycles. The Morgan fingerprint density at radius 3 is 2.89 bits per heavy atom. The van der Waals surface area contributed by atoms with Crippen LogP contribution in [0.25, 0.3) is 0 Å². The standard InChI is InChI=1S/C14H23ClN2O/c1-4-18-12-7-5-10-16-13(12)17-11-14(2,3)8-6-9-15/h5,7,10H,4,6,8-9,11H2,1-3H3,(H,16,17). The number of anilines is 1.